The molecule has 6 rings (SSSR count). The summed E-state index contributed by atoms with van der Waals surface area (Å²) in [5.41, 5.74) is 1.50. The molecule has 270 valence electrons. The van der Waals surface area contributed by atoms with E-state index in [4.69, 9.17) is 28.4 Å². The molecule has 0 saturated carbocycles. The molecule has 0 bridgehead atoms. The third kappa shape index (κ3) is 7.37. The molecule has 0 radical (unpaired) electrons. The van der Waals surface area contributed by atoms with E-state index in [-0.39, 0.29) is 19.6 Å². The normalized spacial score (nSPS) is 17.1. The third-order valence-electron chi connectivity index (χ3n) is 9.31. The van der Waals surface area contributed by atoms with Crippen LogP contribution in [0.1, 0.15) is 47.4 Å². The molecule has 4 aromatic carbocycles. The Kier molecular flexibility index (Phi) is 10.9. The van der Waals surface area contributed by atoms with Gasteiger partial charge in [0.15, 0.2) is 0 Å². The average Bonchev–Trinajstić information content (AvgIpc) is 3.57. The number of nitrogens with zero attached hydrogens (tertiary/aromatic N) is 2. The summed E-state index contributed by atoms with van der Waals surface area (Å²) in [7, 11) is 4.79. The number of benzene rings is 4. The van der Waals surface area contributed by atoms with Crippen LogP contribution in [0.5, 0.6) is 17.2 Å². The monoisotopic (exact) mass is 706 g/mol. The summed E-state index contributed by atoms with van der Waals surface area (Å²) >= 11 is 0. The first-order chi connectivity index (χ1) is 25.2. The largest absolute Gasteiger partial charge is 0.497 e. The van der Waals surface area contributed by atoms with Crippen molar-refractivity contribution in [2.24, 2.45) is 0 Å². The minimum absolute atomic E-state index is 0.0272. The molecule has 1 aliphatic heterocycles. The maximum Gasteiger partial charge on any atom is 0.333 e. The van der Waals surface area contributed by atoms with Crippen LogP contribution in [0.4, 0.5) is 0 Å². The van der Waals surface area contributed by atoms with E-state index in [0.717, 1.165) is 22.3 Å². The van der Waals surface area contributed by atoms with Gasteiger partial charge in [-0.05, 0) is 65.6 Å². The molecular formula is C41H42N2O9. The number of hydrogen-bond donors (Lipinski definition) is 0. The van der Waals surface area contributed by atoms with Crippen LogP contribution in [0, 0.1) is 6.92 Å². The molecular weight excluding hydrogens is 664 g/mol. The van der Waals surface area contributed by atoms with Crippen LogP contribution in [-0.2, 0) is 31.2 Å². The third-order valence-corrected chi connectivity index (χ3v) is 9.31. The first kappa shape index (κ1) is 36.2. The number of aromatic nitrogens is 2. The highest BCUT2D eigenvalue weighted by molar-refractivity contribution is 5.66. The Balaban J connectivity index is 1.38. The number of aryl methyl sites for hydroxylation is 1. The Morgan fingerprint density at radius 3 is 1.81 bits per heavy atom. The fraction of sp³-hybridized carbons (Fsp3) is 0.293. The van der Waals surface area contributed by atoms with E-state index in [1.807, 2.05) is 78.9 Å². The molecule has 0 aliphatic carbocycles. The van der Waals surface area contributed by atoms with Gasteiger partial charge in [0.1, 0.15) is 41.3 Å². The van der Waals surface area contributed by atoms with Crippen molar-refractivity contribution in [2.45, 2.75) is 50.8 Å². The Labute approximate surface area is 301 Å². The Morgan fingerprint density at radius 2 is 1.29 bits per heavy atom. The minimum Gasteiger partial charge on any atom is -0.497 e. The predicted octanol–water partition coefficient (Wildman–Crippen LogP) is 5.62. The molecule has 5 aromatic rings. The summed E-state index contributed by atoms with van der Waals surface area (Å²) in [6, 6.07) is 32.3. The lowest BCUT2D eigenvalue weighted by atomic mass is 9.80. The van der Waals surface area contributed by atoms with Gasteiger partial charge >= 0.3 is 11.7 Å². The standard InChI is InChI=1S/C41H42N2O9/c1-27-24-42(40(46)43(39(27)45)25-29-11-17-33(47-3)18-12-29)38-23-36(51-28(2)44)37(52-38)26-50-41(30-9-7-6-8-10-30,31-13-19-34(48-4)20-14-31)32-15-21-35(49-5)22-16-32/h6-22,24,36-38H,23,25-26H2,1-5H3/t36-,37+,38+/m0/s1. The van der Waals surface area contributed by atoms with Gasteiger partial charge in [-0.1, -0.05) is 66.7 Å². The number of ether oxygens (including phenoxy) is 6. The van der Waals surface area contributed by atoms with Crippen LogP contribution in [0.2, 0.25) is 0 Å². The fourth-order valence-electron chi connectivity index (χ4n) is 6.66. The van der Waals surface area contributed by atoms with Crippen LogP contribution < -0.4 is 25.5 Å². The summed E-state index contributed by atoms with van der Waals surface area (Å²) in [4.78, 5) is 39.5. The van der Waals surface area contributed by atoms with Crippen LogP contribution in [0.15, 0.2) is 119 Å². The summed E-state index contributed by atoms with van der Waals surface area (Å²) < 4.78 is 38.1. The lowest BCUT2D eigenvalue weighted by molar-refractivity contribution is -0.153. The SMILES string of the molecule is COc1ccc(Cn2c(=O)c(C)cn([C@H]3C[C@H](OC(C)=O)[C@@H](COC(c4ccccc4)(c4ccc(OC)cc4)c4ccc(OC)cc4)O3)c2=O)cc1. The molecule has 1 fully saturated rings. The molecule has 11 heteroatoms. The maximum absolute atomic E-state index is 13.9. The van der Waals surface area contributed by atoms with E-state index >= 15 is 0 Å². The van der Waals surface area contributed by atoms with E-state index in [1.54, 1.807) is 52.5 Å². The quantitative estimate of drug-likeness (QED) is 0.114. The lowest BCUT2D eigenvalue weighted by Gasteiger charge is -2.37. The summed E-state index contributed by atoms with van der Waals surface area (Å²) in [5, 5.41) is 0. The highest BCUT2D eigenvalue weighted by Gasteiger charge is 2.44. The number of esters is 1. The van der Waals surface area contributed by atoms with Crippen molar-refractivity contribution in [3.63, 3.8) is 0 Å². The van der Waals surface area contributed by atoms with E-state index in [1.165, 1.54) is 22.3 Å². The zero-order valence-electron chi connectivity index (χ0n) is 29.8. The number of methoxy groups -OCH3 is 3. The molecule has 1 aliphatic rings. The first-order valence-electron chi connectivity index (χ1n) is 16.9. The van der Waals surface area contributed by atoms with Crippen molar-refractivity contribution >= 4 is 5.97 Å². The average molecular weight is 707 g/mol. The second kappa shape index (κ2) is 15.7. The first-order valence-corrected chi connectivity index (χ1v) is 16.9. The molecule has 0 spiro atoms. The molecule has 52 heavy (non-hydrogen) atoms. The van der Waals surface area contributed by atoms with Crippen molar-refractivity contribution in [3.05, 3.63) is 158 Å². The van der Waals surface area contributed by atoms with Crippen molar-refractivity contribution in [2.75, 3.05) is 27.9 Å². The highest BCUT2D eigenvalue weighted by atomic mass is 16.6. The number of rotatable bonds is 13. The summed E-state index contributed by atoms with van der Waals surface area (Å²) in [6.07, 6.45) is -0.715. The second-order valence-electron chi connectivity index (χ2n) is 12.6. The fourth-order valence-corrected chi connectivity index (χ4v) is 6.66. The smallest absolute Gasteiger partial charge is 0.333 e. The molecule has 0 N–H and O–H groups in total. The minimum atomic E-state index is -1.15. The van der Waals surface area contributed by atoms with E-state index < -0.39 is 41.3 Å². The van der Waals surface area contributed by atoms with Gasteiger partial charge in [-0.3, -0.25) is 18.7 Å². The van der Waals surface area contributed by atoms with Gasteiger partial charge in [0.2, 0.25) is 0 Å². The van der Waals surface area contributed by atoms with Gasteiger partial charge in [0.05, 0.1) is 34.5 Å². The van der Waals surface area contributed by atoms with Gasteiger partial charge in [-0.2, -0.15) is 0 Å². The van der Waals surface area contributed by atoms with Crippen LogP contribution in [-0.4, -0.2) is 55.2 Å². The molecule has 2 heterocycles. The van der Waals surface area contributed by atoms with Crippen molar-refractivity contribution in [3.8, 4) is 17.2 Å². The number of carbonyl (C=O) groups excluding carboxylic acids is 1. The van der Waals surface area contributed by atoms with E-state index in [9.17, 15) is 14.4 Å². The molecule has 1 aromatic heterocycles. The molecule has 0 unspecified atom stereocenters. The zero-order valence-corrected chi connectivity index (χ0v) is 29.8. The van der Waals surface area contributed by atoms with Crippen LogP contribution in [0.25, 0.3) is 0 Å². The topological polar surface area (TPSA) is 116 Å². The van der Waals surface area contributed by atoms with Gasteiger partial charge in [-0.25, -0.2) is 4.79 Å². The molecule has 11 nitrogen and oxygen atoms in total. The second-order valence-corrected chi connectivity index (χ2v) is 12.6. The molecule has 3 atom stereocenters. The van der Waals surface area contributed by atoms with E-state index in [2.05, 4.69) is 0 Å². The van der Waals surface area contributed by atoms with Gasteiger partial charge in [-0.15, -0.1) is 0 Å². The summed E-state index contributed by atoms with van der Waals surface area (Å²) in [6.45, 7) is 3.01. The number of carbonyl (C=O) groups is 1. The Bertz CT molecular complexity index is 2040. The maximum atomic E-state index is 13.9. The molecule has 0 amide bonds. The van der Waals surface area contributed by atoms with Crippen LogP contribution >= 0.6 is 0 Å². The Morgan fingerprint density at radius 1 is 0.769 bits per heavy atom. The van der Waals surface area contributed by atoms with E-state index in [0.29, 0.717) is 22.8 Å². The molecule has 1 saturated heterocycles. The lowest BCUT2D eigenvalue weighted by Crippen LogP contribution is -2.42. The number of hydrogen-bond acceptors (Lipinski definition) is 9. The highest BCUT2D eigenvalue weighted by Crippen LogP contribution is 2.43. The van der Waals surface area contributed by atoms with Gasteiger partial charge in [0.25, 0.3) is 5.56 Å². The zero-order chi connectivity index (χ0) is 36.8. The Hall–Kier alpha value is -5.65. The van der Waals surface area contributed by atoms with Crippen molar-refractivity contribution in [1.29, 1.82) is 0 Å². The van der Waals surface area contributed by atoms with Crippen LogP contribution in [0.3, 0.4) is 0 Å². The van der Waals surface area contributed by atoms with Crippen molar-refractivity contribution in [1.82, 2.24) is 9.13 Å². The van der Waals surface area contributed by atoms with Crippen molar-refractivity contribution < 1.29 is 33.2 Å². The van der Waals surface area contributed by atoms with Gasteiger partial charge < -0.3 is 28.4 Å². The van der Waals surface area contributed by atoms with Gasteiger partial charge in [0, 0.05) is 25.1 Å². The summed E-state index contributed by atoms with van der Waals surface area (Å²) in [5.74, 6) is 1.54. The predicted molar refractivity (Wildman–Crippen MR) is 194 cm³/mol.